The minimum atomic E-state index is -0.361. The first kappa shape index (κ1) is 8.02. The Bertz CT molecular complexity index is 120. The molecule has 1 aliphatic rings. The zero-order chi connectivity index (χ0) is 7.78. The average Bonchev–Trinajstić information content (AvgIpc) is 2.05. The summed E-state index contributed by atoms with van der Waals surface area (Å²) < 4.78 is 11.1. The topological polar surface area (TPSA) is 18.5 Å². The second-order valence-corrected chi connectivity index (χ2v) is 3.29. The Morgan fingerprint density at radius 2 is 1.90 bits per heavy atom. The van der Waals surface area contributed by atoms with Crippen LogP contribution in [0.3, 0.4) is 0 Å². The summed E-state index contributed by atoms with van der Waals surface area (Å²) in [5.74, 6) is -0.361. The molecule has 0 aromatic heterocycles. The molecule has 0 spiro atoms. The highest BCUT2D eigenvalue weighted by molar-refractivity contribution is 4.76. The van der Waals surface area contributed by atoms with Crippen molar-refractivity contribution in [3.05, 3.63) is 0 Å². The van der Waals surface area contributed by atoms with Crippen LogP contribution in [0.15, 0.2) is 0 Å². The van der Waals surface area contributed by atoms with Gasteiger partial charge in [0.1, 0.15) is 0 Å². The lowest BCUT2D eigenvalue weighted by molar-refractivity contribution is -0.145. The fraction of sp³-hybridized carbons (Fsp3) is 1.00. The fourth-order valence-corrected chi connectivity index (χ4v) is 1.43. The van der Waals surface area contributed by atoms with Crippen LogP contribution >= 0.6 is 0 Å². The maximum Gasteiger partial charge on any atom is 0.163 e. The van der Waals surface area contributed by atoms with Gasteiger partial charge in [0, 0.05) is 0 Å². The normalized spacial score (nSPS) is 38.4. The van der Waals surface area contributed by atoms with Crippen LogP contribution in [-0.2, 0) is 9.47 Å². The van der Waals surface area contributed by atoms with Crippen molar-refractivity contribution in [3.63, 3.8) is 0 Å². The van der Waals surface area contributed by atoms with Gasteiger partial charge in [0.25, 0.3) is 0 Å². The quantitative estimate of drug-likeness (QED) is 0.560. The van der Waals surface area contributed by atoms with Crippen LogP contribution < -0.4 is 0 Å². The predicted molar refractivity (Wildman–Crippen MR) is 39.8 cm³/mol. The molecular weight excluding hydrogens is 128 g/mol. The van der Waals surface area contributed by atoms with Crippen molar-refractivity contribution in [3.8, 4) is 0 Å². The van der Waals surface area contributed by atoms with Crippen molar-refractivity contribution in [2.75, 3.05) is 0 Å². The highest BCUT2D eigenvalue weighted by atomic mass is 16.7. The van der Waals surface area contributed by atoms with Gasteiger partial charge in [-0.05, 0) is 27.2 Å². The molecule has 2 nitrogen and oxygen atoms in total. The lowest BCUT2D eigenvalue weighted by Gasteiger charge is -2.16. The Balaban J connectivity index is 2.52. The van der Waals surface area contributed by atoms with Gasteiger partial charge >= 0.3 is 0 Å². The molecule has 60 valence electrons. The zero-order valence-corrected chi connectivity index (χ0v) is 7.18. The van der Waals surface area contributed by atoms with E-state index in [1.54, 1.807) is 0 Å². The fourth-order valence-electron chi connectivity index (χ4n) is 1.43. The van der Waals surface area contributed by atoms with Gasteiger partial charge in [-0.3, -0.25) is 0 Å². The van der Waals surface area contributed by atoms with E-state index >= 15 is 0 Å². The molecule has 0 aromatic rings. The highest BCUT2D eigenvalue weighted by Crippen LogP contribution is 2.28. The third kappa shape index (κ3) is 1.50. The van der Waals surface area contributed by atoms with Crippen molar-refractivity contribution in [1.82, 2.24) is 0 Å². The van der Waals surface area contributed by atoms with Gasteiger partial charge < -0.3 is 9.47 Å². The molecule has 1 saturated heterocycles. The summed E-state index contributed by atoms with van der Waals surface area (Å²) in [6, 6.07) is 0. The van der Waals surface area contributed by atoms with Crippen molar-refractivity contribution < 1.29 is 9.47 Å². The Kier molecular flexibility index (Phi) is 2.02. The molecule has 1 heterocycles. The summed E-state index contributed by atoms with van der Waals surface area (Å²) in [7, 11) is 0. The van der Waals surface area contributed by atoms with E-state index in [1.807, 2.05) is 13.8 Å². The van der Waals surface area contributed by atoms with Gasteiger partial charge in [-0.2, -0.15) is 0 Å². The first-order valence-corrected chi connectivity index (χ1v) is 3.91. The molecule has 0 saturated carbocycles. The molecule has 1 rings (SSSR count). The molecule has 0 amide bonds. The van der Waals surface area contributed by atoms with E-state index in [0.717, 1.165) is 6.42 Å². The number of ether oxygens (including phenoxy) is 2. The van der Waals surface area contributed by atoms with E-state index in [1.165, 1.54) is 0 Å². The minimum absolute atomic E-state index is 0.250. The van der Waals surface area contributed by atoms with E-state index in [4.69, 9.17) is 9.47 Å². The summed E-state index contributed by atoms with van der Waals surface area (Å²) in [6.07, 6.45) is 1.57. The number of hydrogen-bond donors (Lipinski definition) is 0. The molecule has 0 aromatic carbocycles. The van der Waals surface area contributed by atoms with Crippen molar-refractivity contribution >= 4 is 0 Å². The van der Waals surface area contributed by atoms with Gasteiger partial charge in [0.2, 0.25) is 0 Å². The maximum atomic E-state index is 5.59. The molecule has 0 unspecified atom stereocenters. The Morgan fingerprint density at radius 3 is 2.10 bits per heavy atom. The van der Waals surface area contributed by atoms with Gasteiger partial charge in [-0.15, -0.1) is 0 Å². The summed E-state index contributed by atoms with van der Waals surface area (Å²) in [6.45, 7) is 8.09. The molecule has 0 aliphatic carbocycles. The number of rotatable bonds is 1. The molecule has 2 heteroatoms. The smallest absolute Gasteiger partial charge is 0.163 e. The second kappa shape index (κ2) is 2.51. The zero-order valence-electron chi connectivity index (χ0n) is 7.18. The third-order valence-electron chi connectivity index (χ3n) is 1.83. The first-order chi connectivity index (χ1) is 4.55. The van der Waals surface area contributed by atoms with Crippen LogP contribution in [0.5, 0.6) is 0 Å². The van der Waals surface area contributed by atoms with Crippen LogP contribution in [0.25, 0.3) is 0 Å². The maximum absolute atomic E-state index is 5.59. The molecule has 10 heavy (non-hydrogen) atoms. The van der Waals surface area contributed by atoms with E-state index in [9.17, 15) is 0 Å². The molecule has 0 radical (unpaired) electrons. The van der Waals surface area contributed by atoms with E-state index < -0.39 is 0 Å². The third-order valence-corrected chi connectivity index (χ3v) is 1.83. The van der Waals surface area contributed by atoms with Crippen molar-refractivity contribution in [2.45, 2.75) is 52.1 Å². The first-order valence-electron chi connectivity index (χ1n) is 3.91. The average molecular weight is 144 g/mol. The SMILES string of the molecule is CC[C@@H]1OC(C)(C)O[C@@H]1C. The molecule has 0 N–H and O–H groups in total. The van der Waals surface area contributed by atoms with Gasteiger partial charge in [0.15, 0.2) is 5.79 Å². The number of hydrogen-bond acceptors (Lipinski definition) is 2. The van der Waals surface area contributed by atoms with Crippen LogP contribution in [0, 0.1) is 0 Å². The van der Waals surface area contributed by atoms with Crippen molar-refractivity contribution in [1.29, 1.82) is 0 Å². The lowest BCUT2D eigenvalue weighted by Crippen LogP contribution is -2.21. The molecule has 1 aliphatic heterocycles. The lowest BCUT2D eigenvalue weighted by atomic mass is 10.2. The van der Waals surface area contributed by atoms with E-state index in [-0.39, 0.29) is 18.0 Å². The summed E-state index contributed by atoms with van der Waals surface area (Å²) in [5, 5.41) is 0. The summed E-state index contributed by atoms with van der Waals surface area (Å²) in [5.41, 5.74) is 0. The Labute approximate surface area is 62.5 Å². The summed E-state index contributed by atoms with van der Waals surface area (Å²) in [4.78, 5) is 0. The Hall–Kier alpha value is -0.0800. The van der Waals surface area contributed by atoms with E-state index in [0.29, 0.717) is 0 Å². The van der Waals surface area contributed by atoms with Crippen LogP contribution in [0.2, 0.25) is 0 Å². The van der Waals surface area contributed by atoms with Gasteiger partial charge in [-0.25, -0.2) is 0 Å². The predicted octanol–water partition coefficient (Wildman–Crippen LogP) is 1.94. The minimum Gasteiger partial charge on any atom is -0.345 e. The molecular formula is C8H16O2. The van der Waals surface area contributed by atoms with Gasteiger partial charge in [-0.1, -0.05) is 6.92 Å². The molecule has 2 atom stereocenters. The highest BCUT2D eigenvalue weighted by Gasteiger charge is 2.37. The molecule has 1 fully saturated rings. The second-order valence-electron chi connectivity index (χ2n) is 3.29. The van der Waals surface area contributed by atoms with Crippen molar-refractivity contribution in [2.24, 2.45) is 0 Å². The van der Waals surface area contributed by atoms with Crippen LogP contribution in [-0.4, -0.2) is 18.0 Å². The summed E-state index contributed by atoms with van der Waals surface area (Å²) >= 11 is 0. The van der Waals surface area contributed by atoms with E-state index in [2.05, 4.69) is 13.8 Å². The largest absolute Gasteiger partial charge is 0.345 e. The standard InChI is InChI=1S/C8H16O2/c1-5-7-6(2)9-8(3,4)10-7/h6-7H,5H2,1-4H3/t6-,7+/m1/s1. The molecule has 0 bridgehead atoms. The van der Waals surface area contributed by atoms with Crippen LogP contribution in [0.1, 0.15) is 34.1 Å². The Morgan fingerprint density at radius 1 is 1.30 bits per heavy atom. The van der Waals surface area contributed by atoms with Crippen LogP contribution in [0.4, 0.5) is 0 Å². The van der Waals surface area contributed by atoms with Gasteiger partial charge in [0.05, 0.1) is 12.2 Å². The monoisotopic (exact) mass is 144 g/mol.